The maximum Gasteiger partial charge on any atom is 0.231 e. The highest BCUT2D eigenvalue weighted by atomic mass is 16.7. The van der Waals surface area contributed by atoms with Crippen LogP contribution in [0.3, 0.4) is 0 Å². The number of carbonyl (C=O) groups excluding carboxylic acids is 1. The van der Waals surface area contributed by atoms with Crippen LogP contribution in [0.1, 0.15) is 17.5 Å². The summed E-state index contributed by atoms with van der Waals surface area (Å²) in [6.45, 7) is 0.777. The highest BCUT2D eigenvalue weighted by molar-refractivity contribution is 5.76. The summed E-state index contributed by atoms with van der Waals surface area (Å²) in [5, 5.41) is 2.98. The summed E-state index contributed by atoms with van der Waals surface area (Å²) in [5.41, 5.74) is 4.39. The molecule has 5 heteroatoms. The zero-order valence-electron chi connectivity index (χ0n) is 16.3. The Hall–Kier alpha value is -3.47. The number of fused-ring (bicyclic) bond motifs is 1. The molecule has 1 N–H and O–H groups in total. The number of benzene rings is 3. The van der Waals surface area contributed by atoms with E-state index in [2.05, 4.69) is 17.4 Å². The second-order valence-electron chi connectivity index (χ2n) is 6.89. The van der Waals surface area contributed by atoms with Crippen molar-refractivity contribution in [3.8, 4) is 28.4 Å². The van der Waals surface area contributed by atoms with Crippen molar-refractivity contribution >= 4 is 5.91 Å². The molecule has 0 atom stereocenters. The summed E-state index contributed by atoms with van der Waals surface area (Å²) in [5.74, 6) is 2.38. The molecule has 29 heavy (non-hydrogen) atoms. The second-order valence-corrected chi connectivity index (χ2v) is 6.89. The first-order chi connectivity index (χ1) is 14.2. The van der Waals surface area contributed by atoms with Gasteiger partial charge < -0.3 is 19.5 Å². The van der Waals surface area contributed by atoms with Crippen molar-refractivity contribution in [1.82, 2.24) is 5.32 Å². The number of methoxy groups -OCH3 is 1. The highest BCUT2D eigenvalue weighted by Crippen LogP contribution is 2.32. The minimum Gasteiger partial charge on any atom is -0.497 e. The first-order valence-corrected chi connectivity index (χ1v) is 9.60. The molecule has 0 saturated heterocycles. The van der Waals surface area contributed by atoms with E-state index in [1.807, 2.05) is 54.6 Å². The van der Waals surface area contributed by atoms with Crippen molar-refractivity contribution in [2.45, 2.75) is 19.4 Å². The van der Waals surface area contributed by atoms with Crippen LogP contribution in [-0.2, 0) is 17.8 Å². The van der Waals surface area contributed by atoms with Crippen LogP contribution in [0.4, 0.5) is 0 Å². The third-order valence-electron chi connectivity index (χ3n) is 4.94. The Kier molecular flexibility index (Phi) is 5.66. The number of hydrogen-bond donors (Lipinski definition) is 1. The maximum atomic E-state index is 12.2. The van der Waals surface area contributed by atoms with Gasteiger partial charge in [-0.1, -0.05) is 42.5 Å². The van der Waals surface area contributed by atoms with Crippen molar-refractivity contribution in [3.63, 3.8) is 0 Å². The monoisotopic (exact) mass is 389 g/mol. The fourth-order valence-electron chi connectivity index (χ4n) is 3.24. The second kappa shape index (κ2) is 8.69. The van der Waals surface area contributed by atoms with Crippen LogP contribution in [0, 0.1) is 0 Å². The first kappa shape index (κ1) is 18.9. The van der Waals surface area contributed by atoms with E-state index in [4.69, 9.17) is 14.2 Å². The van der Waals surface area contributed by atoms with Gasteiger partial charge in [-0.3, -0.25) is 4.79 Å². The zero-order valence-corrected chi connectivity index (χ0v) is 16.3. The van der Waals surface area contributed by atoms with E-state index >= 15 is 0 Å². The largest absolute Gasteiger partial charge is 0.497 e. The number of carbonyl (C=O) groups is 1. The first-order valence-electron chi connectivity index (χ1n) is 9.60. The van der Waals surface area contributed by atoms with Gasteiger partial charge in [0.05, 0.1) is 7.11 Å². The lowest BCUT2D eigenvalue weighted by Gasteiger charge is -2.08. The number of nitrogens with one attached hydrogen (secondary N) is 1. The minimum absolute atomic E-state index is 0.0295. The number of hydrogen-bond acceptors (Lipinski definition) is 4. The van der Waals surface area contributed by atoms with Crippen molar-refractivity contribution in [2.75, 3.05) is 13.9 Å². The molecular formula is C24H23NO4. The average molecular weight is 389 g/mol. The van der Waals surface area contributed by atoms with Crippen LogP contribution in [0.25, 0.3) is 11.1 Å². The lowest BCUT2D eigenvalue weighted by atomic mass is 10.0. The van der Waals surface area contributed by atoms with Gasteiger partial charge in [0.25, 0.3) is 0 Å². The summed E-state index contributed by atoms with van der Waals surface area (Å²) in [6.07, 6.45) is 1.10. The number of ether oxygens (including phenoxy) is 3. The summed E-state index contributed by atoms with van der Waals surface area (Å²) in [4.78, 5) is 12.2. The van der Waals surface area contributed by atoms with E-state index in [-0.39, 0.29) is 12.7 Å². The van der Waals surface area contributed by atoms with Gasteiger partial charge in [0.15, 0.2) is 11.5 Å². The Morgan fingerprint density at radius 2 is 1.55 bits per heavy atom. The Bertz CT molecular complexity index is 981. The van der Waals surface area contributed by atoms with E-state index in [0.717, 1.165) is 39.5 Å². The fourth-order valence-corrected chi connectivity index (χ4v) is 3.24. The topological polar surface area (TPSA) is 56.8 Å². The molecule has 4 rings (SSSR count). The molecule has 0 radical (unpaired) electrons. The van der Waals surface area contributed by atoms with Crippen LogP contribution >= 0.6 is 0 Å². The number of rotatable bonds is 7. The molecule has 0 aromatic heterocycles. The van der Waals surface area contributed by atoms with E-state index in [1.54, 1.807) is 7.11 Å². The molecule has 148 valence electrons. The van der Waals surface area contributed by atoms with Crippen LogP contribution in [-0.4, -0.2) is 19.8 Å². The molecular weight excluding hydrogens is 366 g/mol. The predicted molar refractivity (Wildman–Crippen MR) is 111 cm³/mol. The molecule has 1 aliphatic heterocycles. The van der Waals surface area contributed by atoms with E-state index in [9.17, 15) is 4.79 Å². The number of amides is 1. The molecule has 0 aliphatic carbocycles. The Balaban J connectivity index is 1.26. The van der Waals surface area contributed by atoms with Crippen LogP contribution in [0.2, 0.25) is 0 Å². The van der Waals surface area contributed by atoms with Gasteiger partial charge in [-0.15, -0.1) is 0 Å². The molecule has 1 heterocycles. The van der Waals surface area contributed by atoms with Gasteiger partial charge in [-0.2, -0.15) is 0 Å². The molecule has 0 spiro atoms. The Labute approximate surface area is 170 Å². The Morgan fingerprint density at radius 3 is 2.28 bits per heavy atom. The fraction of sp³-hybridized carbons (Fsp3) is 0.208. The summed E-state index contributed by atoms with van der Waals surface area (Å²) in [7, 11) is 1.66. The molecule has 0 bridgehead atoms. The van der Waals surface area contributed by atoms with Crippen molar-refractivity contribution in [1.29, 1.82) is 0 Å². The lowest BCUT2D eigenvalue weighted by Crippen LogP contribution is -2.22. The average Bonchev–Trinajstić information content (AvgIpc) is 3.24. The standard InChI is InChI=1S/C24H23NO4/c1-27-21-10-8-20(9-11-21)19-6-2-18(3-7-19)15-25-24(26)13-5-17-4-12-22-23(14-17)29-16-28-22/h2-4,6-12,14H,5,13,15-16H2,1H3,(H,25,26). The molecule has 5 nitrogen and oxygen atoms in total. The summed E-state index contributed by atoms with van der Waals surface area (Å²) < 4.78 is 15.9. The van der Waals surface area contributed by atoms with E-state index in [0.29, 0.717) is 19.4 Å². The third-order valence-corrected chi connectivity index (χ3v) is 4.94. The van der Waals surface area contributed by atoms with Gasteiger partial charge in [0.2, 0.25) is 12.7 Å². The minimum atomic E-state index is 0.0295. The van der Waals surface area contributed by atoms with Gasteiger partial charge in [0, 0.05) is 13.0 Å². The molecule has 3 aromatic carbocycles. The van der Waals surface area contributed by atoms with Crippen molar-refractivity contribution < 1.29 is 19.0 Å². The third kappa shape index (κ3) is 4.69. The normalized spacial score (nSPS) is 11.9. The highest BCUT2D eigenvalue weighted by Gasteiger charge is 2.13. The summed E-state index contributed by atoms with van der Waals surface area (Å²) >= 11 is 0. The van der Waals surface area contributed by atoms with Gasteiger partial charge in [-0.05, 0) is 52.9 Å². The molecule has 0 unspecified atom stereocenters. The van der Waals surface area contributed by atoms with Crippen LogP contribution < -0.4 is 19.5 Å². The van der Waals surface area contributed by atoms with Crippen LogP contribution in [0.15, 0.2) is 66.7 Å². The molecule has 1 aliphatic rings. The molecule has 0 saturated carbocycles. The van der Waals surface area contributed by atoms with Gasteiger partial charge in [0.1, 0.15) is 5.75 Å². The number of aryl methyl sites for hydroxylation is 1. The lowest BCUT2D eigenvalue weighted by molar-refractivity contribution is -0.121. The van der Waals surface area contributed by atoms with Crippen LogP contribution in [0.5, 0.6) is 17.2 Å². The Morgan fingerprint density at radius 1 is 0.897 bits per heavy atom. The van der Waals surface area contributed by atoms with Gasteiger partial charge >= 0.3 is 0 Å². The maximum absolute atomic E-state index is 12.2. The smallest absolute Gasteiger partial charge is 0.231 e. The van der Waals surface area contributed by atoms with Crippen molar-refractivity contribution in [3.05, 3.63) is 77.9 Å². The summed E-state index contributed by atoms with van der Waals surface area (Å²) in [6, 6.07) is 22.0. The van der Waals surface area contributed by atoms with E-state index in [1.165, 1.54) is 0 Å². The molecule has 1 amide bonds. The quantitative estimate of drug-likeness (QED) is 0.653. The predicted octanol–water partition coefficient (Wildman–Crippen LogP) is 4.34. The molecule has 0 fully saturated rings. The molecule has 3 aromatic rings. The van der Waals surface area contributed by atoms with E-state index < -0.39 is 0 Å². The SMILES string of the molecule is COc1ccc(-c2ccc(CNC(=O)CCc3ccc4c(c3)OCO4)cc2)cc1. The van der Waals surface area contributed by atoms with Gasteiger partial charge in [-0.25, -0.2) is 0 Å². The zero-order chi connectivity index (χ0) is 20.1. The van der Waals surface area contributed by atoms with Crippen molar-refractivity contribution in [2.24, 2.45) is 0 Å².